The molecule has 7 heteroatoms. The highest BCUT2D eigenvalue weighted by atomic mass is 16.1. The molecule has 1 aromatic rings. The Bertz CT molecular complexity index is 849. The molecule has 23 heavy (non-hydrogen) atoms. The number of fused-ring (bicyclic) bond motifs is 2. The van der Waals surface area contributed by atoms with Crippen LogP contribution in [0.4, 0.5) is 11.5 Å². The van der Waals surface area contributed by atoms with Gasteiger partial charge in [0.1, 0.15) is 5.71 Å². The molecule has 0 spiro atoms. The van der Waals surface area contributed by atoms with E-state index in [1.807, 2.05) is 16.8 Å². The molecule has 0 bridgehead atoms. The van der Waals surface area contributed by atoms with Crippen LogP contribution in [0.1, 0.15) is 25.7 Å². The van der Waals surface area contributed by atoms with E-state index in [1.54, 1.807) is 4.68 Å². The van der Waals surface area contributed by atoms with Gasteiger partial charge in [-0.3, -0.25) is 14.5 Å². The van der Waals surface area contributed by atoms with Crippen LogP contribution in [-0.4, -0.2) is 27.3 Å². The van der Waals surface area contributed by atoms with Gasteiger partial charge in [0.15, 0.2) is 11.5 Å². The highest BCUT2D eigenvalue weighted by molar-refractivity contribution is 6.54. The summed E-state index contributed by atoms with van der Waals surface area (Å²) in [5.74, 6) is 0.419. The van der Waals surface area contributed by atoms with Crippen LogP contribution in [-0.2, 0) is 13.1 Å². The lowest BCUT2D eigenvalue weighted by Crippen LogP contribution is -2.29. The summed E-state index contributed by atoms with van der Waals surface area (Å²) >= 11 is 0. The van der Waals surface area contributed by atoms with Crippen molar-refractivity contribution < 1.29 is 0 Å². The molecule has 0 unspecified atom stereocenters. The molecule has 0 fully saturated rings. The Hall–Kier alpha value is -2.57. The molecular formula is C16H20N6O. The van der Waals surface area contributed by atoms with E-state index in [4.69, 9.17) is 11.5 Å². The number of allylic oxidation sites excluding steroid dienone is 4. The third kappa shape index (κ3) is 2.15. The van der Waals surface area contributed by atoms with E-state index in [-0.39, 0.29) is 11.2 Å². The first-order valence-electron chi connectivity index (χ1n) is 8.06. The molecule has 0 atom stereocenters. The predicted octanol–water partition coefficient (Wildman–Crippen LogP) is 1.12. The minimum atomic E-state index is -0.144. The lowest BCUT2D eigenvalue weighted by molar-refractivity contribution is 0.360. The fraction of sp³-hybridized carbons (Fsp3) is 0.438. The Morgan fingerprint density at radius 2 is 1.87 bits per heavy atom. The van der Waals surface area contributed by atoms with Gasteiger partial charge in [0.05, 0.1) is 11.4 Å². The van der Waals surface area contributed by atoms with Crippen molar-refractivity contribution in [1.82, 2.24) is 9.36 Å². The molecule has 0 radical (unpaired) electrons. The average molecular weight is 312 g/mol. The Kier molecular flexibility index (Phi) is 3.21. The molecular weight excluding hydrogens is 292 g/mol. The standard InChI is InChI=1S/C16H20N6O/c17-11-6-5-10-4-3-7-19-12(10)13(11)20-14-15(18)21-8-1-2-9-22(21)16(14)23/h5-6H,1-4,7-9,17-18H2. The fourth-order valence-electron chi connectivity index (χ4n) is 3.39. The topological polar surface area (TPSA) is 104 Å². The number of hydrogen-bond acceptors (Lipinski definition) is 5. The van der Waals surface area contributed by atoms with Crippen molar-refractivity contribution in [3.8, 4) is 0 Å². The zero-order chi connectivity index (χ0) is 16.0. The summed E-state index contributed by atoms with van der Waals surface area (Å²) in [5.41, 5.74) is 15.5. The molecule has 4 N–H and O–H groups in total. The molecule has 7 nitrogen and oxygen atoms in total. The summed E-state index contributed by atoms with van der Waals surface area (Å²) in [5, 5.41) is 0. The van der Waals surface area contributed by atoms with Crippen LogP contribution in [0.25, 0.3) is 0 Å². The fourth-order valence-corrected chi connectivity index (χ4v) is 3.39. The number of aromatic nitrogens is 2. The van der Waals surface area contributed by atoms with Crippen LogP contribution in [0.2, 0.25) is 0 Å². The number of hydrogen-bond donors (Lipinski definition) is 2. The molecule has 2 aliphatic heterocycles. The first-order valence-corrected chi connectivity index (χ1v) is 8.06. The molecule has 3 heterocycles. The van der Waals surface area contributed by atoms with Crippen LogP contribution >= 0.6 is 0 Å². The number of anilines is 1. The zero-order valence-corrected chi connectivity index (χ0v) is 13.0. The van der Waals surface area contributed by atoms with Crippen LogP contribution in [0, 0.1) is 0 Å². The van der Waals surface area contributed by atoms with Crippen LogP contribution in [0.15, 0.2) is 38.2 Å². The van der Waals surface area contributed by atoms with E-state index >= 15 is 0 Å². The van der Waals surface area contributed by atoms with Crippen LogP contribution in [0.5, 0.6) is 0 Å². The summed E-state index contributed by atoms with van der Waals surface area (Å²) in [6.45, 7) is 2.20. The SMILES string of the molecule is NC1=CC=C2CCCN=C2C1=Nc1c(N)n2n(c1=O)CCCC2. The predicted molar refractivity (Wildman–Crippen MR) is 91.3 cm³/mol. The lowest BCUT2D eigenvalue weighted by atomic mass is 9.92. The van der Waals surface area contributed by atoms with Gasteiger partial charge in [0.2, 0.25) is 0 Å². The molecule has 0 saturated heterocycles. The van der Waals surface area contributed by atoms with E-state index in [2.05, 4.69) is 9.98 Å². The zero-order valence-electron chi connectivity index (χ0n) is 13.0. The van der Waals surface area contributed by atoms with Gasteiger partial charge in [0, 0.05) is 19.6 Å². The summed E-state index contributed by atoms with van der Waals surface area (Å²) < 4.78 is 3.51. The third-order valence-corrected chi connectivity index (χ3v) is 4.60. The minimum absolute atomic E-state index is 0.144. The van der Waals surface area contributed by atoms with E-state index < -0.39 is 0 Å². The van der Waals surface area contributed by atoms with Gasteiger partial charge in [-0.05, 0) is 37.3 Å². The Morgan fingerprint density at radius 3 is 2.65 bits per heavy atom. The molecule has 0 saturated carbocycles. The van der Waals surface area contributed by atoms with Gasteiger partial charge in [-0.15, -0.1) is 0 Å². The van der Waals surface area contributed by atoms with Crippen LogP contribution < -0.4 is 17.0 Å². The van der Waals surface area contributed by atoms with Crippen molar-refractivity contribution >= 4 is 22.9 Å². The maximum absolute atomic E-state index is 12.6. The summed E-state index contributed by atoms with van der Waals surface area (Å²) in [6.07, 6.45) is 7.83. The van der Waals surface area contributed by atoms with E-state index in [9.17, 15) is 4.79 Å². The van der Waals surface area contributed by atoms with Gasteiger partial charge >= 0.3 is 0 Å². The number of nitrogens with two attached hydrogens (primary N) is 2. The second-order valence-electron chi connectivity index (χ2n) is 6.10. The molecule has 3 aliphatic rings. The van der Waals surface area contributed by atoms with Crippen molar-refractivity contribution in [3.05, 3.63) is 33.8 Å². The second kappa shape index (κ2) is 5.26. The maximum atomic E-state index is 12.6. The van der Waals surface area contributed by atoms with Gasteiger partial charge in [-0.2, -0.15) is 0 Å². The van der Waals surface area contributed by atoms with Crippen molar-refractivity contribution in [1.29, 1.82) is 0 Å². The first-order chi connectivity index (χ1) is 11.2. The summed E-state index contributed by atoms with van der Waals surface area (Å²) in [6, 6.07) is 0. The maximum Gasteiger partial charge on any atom is 0.294 e. The van der Waals surface area contributed by atoms with E-state index in [0.717, 1.165) is 50.1 Å². The van der Waals surface area contributed by atoms with Gasteiger partial charge in [-0.1, -0.05) is 6.08 Å². The van der Waals surface area contributed by atoms with Crippen LogP contribution in [0.3, 0.4) is 0 Å². The molecule has 120 valence electrons. The van der Waals surface area contributed by atoms with Gasteiger partial charge in [-0.25, -0.2) is 9.67 Å². The van der Waals surface area contributed by atoms with Gasteiger partial charge in [0.25, 0.3) is 5.56 Å². The Morgan fingerprint density at radius 1 is 1.09 bits per heavy atom. The second-order valence-corrected chi connectivity index (χ2v) is 6.10. The minimum Gasteiger partial charge on any atom is -0.397 e. The summed E-state index contributed by atoms with van der Waals surface area (Å²) in [4.78, 5) is 21.7. The molecule has 0 amide bonds. The highest BCUT2D eigenvalue weighted by Crippen LogP contribution is 2.26. The Labute approximate surface area is 133 Å². The van der Waals surface area contributed by atoms with Crippen molar-refractivity contribution in [2.24, 2.45) is 15.7 Å². The quantitative estimate of drug-likeness (QED) is 0.759. The van der Waals surface area contributed by atoms with Crippen molar-refractivity contribution in [3.63, 3.8) is 0 Å². The molecule has 4 rings (SSSR count). The number of aliphatic imine (C=N–C) groups is 2. The Balaban J connectivity index is 1.86. The van der Waals surface area contributed by atoms with Crippen molar-refractivity contribution in [2.75, 3.05) is 12.3 Å². The molecule has 0 aromatic carbocycles. The average Bonchev–Trinajstić information content (AvgIpc) is 2.82. The van der Waals surface area contributed by atoms with Crippen molar-refractivity contribution in [2.45, 2.75) is 38.8 Å². The summed E-state index contributed by atoms with van der Waals surface area (Å²) in [7, 11) is 0. The number of nitrogens with zero attached hydrogens (tertiary/aromatic N) is 4. The van der Waals surface area contributed by atoms with E-state index in [1.165, 1.54) is 0 Å². The number of nitrogen functional groups attached to an aromatic ring is 1. The molecule has 1 aromatic heterocycles. The lowest BCUT2D eigenvalue weighted by Gasteiger charge is -2.20. The number of rotatable bonds is 1. The first kappa shape index (κ1) is 14.0. The molecule has 1 aliphatic carbocycles. The monoisotopic (exact) mass is 312 g/mol. The smallest absolute Gasteiger partial charge is 0.294 e. The highest BCUT2D eigenvalue weighted by Gasteiger charge is 2.25. The largest absolute Gasteiger partial charge is 0.397 e. The van der Waals surface area contributed by atoms with Gasteiger partial charge < -0.3 is 11.5 Å². The third-order valence-electron chi connectivity index (χ3n) is 4.60. The van der Waals surface area contributed by atoms with E-state index in [0.29, 0.717) is 23.8 Å². The normalized spacial score (nSPS) is 22.1.